The van der Waals surface area contributed by atoms with Crippen molar-refractivity contribution in [3.05, 3.63) is 28.5 Å². The Balaban J connectivity index is 2.01. The number of halogens is 3. The van der Waals surface area contributed by atoms with Crippen LogP contribution in [0.2, 0.25) is 0 Å². The van der Waals surface area contributed by atoms with E-state index in [1.165, 1.54) is 0 Å². The number of hydrazine groups is 1. The first-order valence-corrected chi connectivity index (χ1v) is 7.24. The van der Waals surface area contributed by atoms with Gasteiger partial charge in [-0.3, -0.25) is 16.3 Å². The highest BCUT2D eigenvalue weighted by molar-refractivity contribution is 9.10. The van der Waals surface area contributed by atoms with Crippen LogP contribution in [0.1, 0.15) is 31.4 Å². The molecule has 1 aliphatic carbocycles. The topological polar surface area (TPSA) is 50.9 Å². The van der Waals surface area contributed by atoms with Crippen molar-refractivity contribution in [2.45, 2.75) is 44.1 Å². The van der Waals surface area contributed by atoms with Gasteiger partial charge in [0, 0.05) is 41.7 Å². The minimum atomic E-state index is -2.55. The molecule has 0 radical (unpaired) electrons. The molecular weight excluding hydrogens is 316 g/mol. The Kier molecular flexibility index (Phi) is 4.86. The first kappa shape index (κ1) is 14.8. The highest BCUT2D eigenvalue weighted by atomic mass is 79.9. The molecule has 1 saturated carbocycles. The molecule has 2 atom stereocenters. The molecule has 2 unspecified atom stereocenters. The zero-order valence-corrected chi connectivity index (χ0v) is 12.2. The Morgan fingerprint density at radius 1 is 1.53 bits per heavy atom. The van der Waals surface area contributed by atoms with Gasteiger partial charge in [0.15, 0.2) is 0 Å². The third-order valence-corrected chi connectivity index (χ3v) is 4.15. The van der Waals surface area contributed by atoms with Crippen molar-refractivity contribution in [2.24, 2.45) is 11.8 Å². The van der Waals surface area contributed by atoms with E-state index in [0.717, 1.165) is 16.6 Å². The lowest BCUT2D eigenvalue weighted by atomic mass is 9.80. The second-order valence-electron chi connectivity index (χ2n) is 5.16. The highest BCUT2D eigenvalue weighted by Crippen LogP contribution is 2.38. The van der Waals surface area contributed by atoms with Gasteiger partial charge < -0.3 is 0 Å². The van der Waals surface area contributed by atoms with E-state index >= 15 is 0 Å². The lowest BCUT2D eigenvalue weighted by Crippen LogP contribution is -2.46. The predicted molar refractivity (Wildman–Crippen MR) is 73.7 cm³/mol. The number of pyridine rings is 1. The number of nitrogens with one attached hydrogen (secondary N) is 1. The molecule has 1 aromatic heterocycles. The summed E-state index contributed by atoms with van der Waals surface area (Å²) in [7, 11) is 0. The number of aromatic nitrogens is 1. The van der Waals surface area contributed by atoms with Gasteiger partial charge in [-0.05, 0) is 46.8 Å². The summed E-state index contributed by atoms with van der Waals surface area (Å²) in [6.07, 6.45) is 3.54. The van der Waals surface area contributed by atoms with Crippen LogP contribution in [0.25, 0.3) is 0 Å². The van der Waals surface area contributed by atoms with E-state index in [9.17, 15) is 8.78 Å². The fourth-order valence-electron chi connectivity index (χ4n) is 2.67. The zero-order chi connectivity index (χ0) is 13.9. The molecule has 3 N–H and O–H groups in total. The van der Waals surface area contributed by atoms with Gasteiger partial charge in [-0.15, -0.1) is 0 Å². The molecule has 1 aromatic rings. The first-order chi connectivity index (χ1) is 9.00. The van der Waals surface area contributed by atoms with Crippen LogP contribution in [0.15, 0.2) is 22.8 Å². The average Bonchev–Trinajstić information content (AvgIpc) is 2.37. The van der Waals surface area contributed by atoms with Gasteiger partial charge >= 0.3 is 0 Å². The van der Waals surface area contributed by atoms with Crippen LogP contribution in [-0.2, 0) is 6.42 Å². The molecule has 19 heavy (non-hydrogen) atoms. The van der Waals surface area contributed by atoms with Gasteiger partial charge in [0.2, 0.25) is 5.92 Å². The first-order valence-electron chi connectivity index (χ1n) is 6.44. The maximum Gasteiger partial charge on any atom is 0.248 e. The summed E-state index contributed by atoms with van der Waals surface area (Å²) < 4.78 is 27.8. The Morgan fingerprint density at radius 2 is 2.32 bits per heavy atom. The number of rotatable bonds is 4. The monoisotopic (exact) mass is 333 g/mol. The lowest BCUT2D eigenvalue weighted by Gasteiger charge is -2.34. The summed E-state index contributed by atoms with van der Waals surface area (Å²) in [4.78, 5) is 4.27. The highest BCUT2D eigenvalue weighted by Gasteiger charge is 2.39. The molecule has 1 fully saturated rings. The third-order valence-electron chi connectivity index (χ3n) is 3.68. The third kappa shape index (κ3) is 4.19. The van der Waals surface area contributed by atoms with Crippen LogP contribution in [0.5, 0.6) is 0 Å². The Morgan fingerprint density at radius 3 is 2.89 bits per heavy atom. The van der Waals surface area contributed by atoms with Crippen molar-refractivity contribution >= 4 is 15.9 Å². The van der Waals surface area contributed by atoms with E-state index < -0.39 is 5.92 Å². The second-order valence-corrected chi connectivity index (χ2v) is 6.07. The lowest BCUT2D eigenvalue weighted by molar-refractivity contribution is -0.0581. The summed E-state index contributed by atoms with van der Waals surface area (Å²) in [5.41, 5.74) is 3.55. The molecule has 106 valence electrons. The van der Waals surface area contributed by atoms with Crippen molar-refractivity contribution in [3.8, 4) is 0 Å². The maximum atomic E-state index is 13.5. The fraction of sp³-hybridized carbons (Fsp3) is 0.615. The largest absolute Gasteiger partial charge is 0.271 e. The molecule has 3 nitrogen and oxygen atoms in total. The molecular formula is C13H18BrF2N3. The number of nitrogens with two attached hydrogens (primary N) is 1. The van der Waals surface area contributed by atoms with Crippen molar-refractivity contribution in [1.82, 2.24) is 10.4 Å². The average molecular weight is 334 g/mol. The molecule has 1 aliphatic rings. The number of hydrogen-bond acceptors (Lipinski definition) is 3. The molecule has 6 heteroatoms. The Labute approximate surface area is 120 Å². The van der Waals surface area contributed by atoms with E-state index in [1.54, 1.807) is 6.20 Å². The minimum Gasteiger partial charge on any atom is -0.271 e. The molecule has 0 aliphatic heterocycles. The SMILES string of the molecule is NNC(Cc1ccc(Br)cn1)C1CCCC(F)(F)C1. The quantitative estimate of drug-likeness (QED) is 0.657. The van der Waals surface area contributed by atoms with Crippen LogP contribution >= 0.6 is 15.9 Å². The zero-order valence-electron chi connectivity index (χ0n) is 10.6. The molecule has 0 amide bonds. The van der Waals surface area contributed by atoms with E-state index in [1.807, 2.05) is 12.1 Å². The van der Waals surface area contributed by atoms with E-state index in [4.69, 9.17) is 5.84 Å². The fourth-order valence-corrected chi connectivity index (χ4v) is 2.90. The minimum absolute atomic E-state index is 0.00265. The van der Waals surface area contributed by atoms with E-state index in [2.05, 4.69) is 26.3 Å². The van der Waals surface area contributed by atoms with Crippen LogP contribution in [0.4, 0.5) is 8.78 Å². The molecule has 0 spiro atoms. The van der Waals surface area contributed by atoms with Crippen LogP contribution < -0.4 is 11.3 Å². The van der Waals surface area contributed by atoms with Crippen LogP contribution in [-0.4, -0.2) is 16.9 Å². The molecule has 0 aromatic carbocycles. The Hall–Kier alpha value is -0.590. The van der Waals surface area contributed by atoms with E-state index in [-0.39, 0.29) is 24.8 Å². The summed E-state index contributed by atoms with van der Waals surface area (Å²) >= 11 is 3.32. The van der Waals surface area contributed by atoms with Gasteiger partial charge in [-0.1, -0.05) is 0 Å². The Bertz CT molecular complexity index is 411. The molecule has 2 rings (SSSR count). The molecule has 1 heterocycles. The standard InChI is InChI=1S/C13H18BrF2N3/c14-10-3-4-11(18-8-10)6-12(19-17)9-2-1-5-13(15,16)7-9/h3-4,8-9,12,19H,1-2,5-7,17H2. The summed E-state index contributed by atoms with van der Waals surface area (Å²) in [6.45, 7) is 0. The summed E-state index contributed by atoms with van der Waals surface area (Å²) in [5, 5.41) is 0. The molecule has 0 bridgehead atoms. The second kappa shape index (κ2) is 6.24. The van der Waals surface area contributed by atoms with Gasteiger partial charge in [-0.2, -0.15) is 0 Å². The number of alkyl halides is 2. The van der Waals surface area contributed by atoms with Gasteiger partial charge in [0.1, 0.15) is 0 Å². The van der Waals surface area contributed by atoms with Crippen molar-refractivity contribution in [1.29, 1.82) is 0 Å². The van der Waals surface area contributed by atoms with Crippen molar-refractivity contribution < 1.29 is 8.78 Å². The van der Waals surface area contributed by atoms with Crippen LogP contribution in [0.3, 0.4) is 0 Å². The molecule has 0 saturated heterocycles. The predicted octanol–water partition coefficient (Wildman–Crippen LogP) is 3.04. The number of nitrogens with zero attached hydrogens (tertiary/aromatic N) is 1. The van der Waals surface area contributed by atoms with Crippen LogP contribution in [0, 0.1) is 5.92 Å². The van der Waals surface area contributed by atoms with Gasteiger partial charge in [0.05, 0.1) is 0 Å². The smallest absolute Gasteiger partial charge is 0.248 e. The normalized spacial score (nSPS) is 24.1. The van der Waals surface area contributed by atoms with E-state index in [0.29, 0.717) is 12.8 Å². The van der Waals surface area contributed by atoms with Gasteiger partial charge in [0.25, 0.3) is 0 Å². The number of hydrogen-bond donors (Lipinski definition) is 2. The van der Waals surface area contributed by atoms with Crippen molar-refractivity contribution in [3.63, 3.8) is 0 Å². The van der Waals surface area contributed by atoms with Gasteiger partial charge in [-0.25, -0.2) is 8.78 Å². The maximum absolute atomic E-state index is 13.5. The summed E-state index contributed by atoms with van der Waals surface area (Å²) in [6, 6.07) is 3.63. The van der Waals surface area contributed by atoms with Crippen molar-refractivity contribution in [2.75, 3.05) is 0 Å². The summed E-state index contributed by atoms with van der Waals surface area (Å²) in [5.74, 6) is 2.89.